The van der Waals surface area contributed by atoms with Crippen LogP contribution in [0.15, 0.2) is 11.3 Å². The summed E-state index contributed by atoms with van der Waals surface area (Å²) in [7, 11) is 1.89. The lowest BCUT2D eigenvalue weighted by Crippen LogP contribution is -2.44. The van der Waals surface area contributed by atoms with Gasteiger partial charge in [-0.1, -0.05) is 13.3 Å². The van der Waals surface area contributed by atoms with Crippen LogP contribution in [0.4, 0.5) is 0 Å². The lowest BCUT2D eigenvalue weighted by atomic mass is 9.84. The zero-order chi connectivity index (χ0) is 15.1. The Morgan fingerprint density at radius 3 is 2.67 bits per heavy atom. The summed E-state index contributed by atoms with van der Waals surface area (Å²) in [5.74, 6) is 2.68. The molecule has 21 heavy (non-hydrogen) atoms. The zero-order valence-electron chi connectivity index (χ0n) is 13.5. The van der Waals surface area contributed by atoms with Crippen LogP contribution in [0.5, 0.6) is 0 Å². The van der Waals surface area contributed by atoms with E-state index in [1.807, 2.05) is 7.05 Å². The summed E-state index contributed by atoms with van der Waals surface area (Å²) in [6, 6.07) is 0.546. The molecule has 1 saturated carbocycles. The summed E-state index contributed by atoms with van der Waals surface area (Å²) in [5, 5.41) is 11.0. The Labute approximate surface area is 127 Å². The average molecular weight is 292 g/mol. The smallest absolute Gasteiger partial charge is 0.191 e. The number of aryl methyl sites for hydroxylation is 1. The molecule has 0 atom stereocenters. The lowest BCUT2D eigenvalue weighted by Gasteiger charge is -2.29. The molecule has 0 amide bonds. The van der Waals surface area contributed by atoms with Crippen LogP contribution in [-0.4, -0.2) is 33.3 Å². The van der Waals surface area contributed by atoms with Crippen LogP contribution in [0.25, 0.3) is 0 Å². The molecule has 2 rings (SSSR count). The standard InChI is InChI=1S/C15H28N6/c1-4-12-6-8-13(9-7-12)20-15(16-5-2)17-10-14-18-11-19-21(14)3/h11-13H,4-10H2,1-3H3,(H2,16,17,20). The van der Waals surface area contributed by atoms with Gasteiger partial charge in [-0.15, -0.1) is 0 Å². The van der Waals surface area contributed by atoms with E-state index in [1.54, 1.807) is 11.0 Å². The van der Waals surface area contributed by atoms with Crippen LogP contribution < -0.4 is 10.6 Å². The number of guanidine groups is 1. The minimum atomic E-state index is 0.546. The first kappa shape index (κ1) is 15.8. The van der Waals surface area contributed by atoms with Crippen LogP contribution in [0, 0.1) is 5.92 Å². The maximum Gasteiger partial charge on any atom is 0.191 e. The van der Waals surface area contributed by atoms with Gasteiger partial charge in [0.15, 0.2) is 5.96 Å². The number of nitrogens with one attached hydrogen (secondary N) is 2. The molecule has 6 nitrogen and oxygen atoms in total. The third-order valence-corrected chi connectivity index (χ3v) is 4.29. The highest BCUT2D eigenvalue weighted by Crippen LogP contribution is 2.26. The maximum absolute atomic E-state index is 4.62. The second kappa shape index (κ2) is 8.00. The van der Waals surface area contributed by atoms with E-state index in [0.717, 1.165) is 24.2 Å². The minimum absolute atomic E-state index is 0.546. The average Bonchev–Trinajstić information content (AvgIpc) is 2.91. The van der Waals surface area contributed by atoms with Crippen molar-refractivity contribution in [3.05, 3.63) is 12.2 Å². The van der Waals surface area contributed by atoms with E-state index >= 15 is 0 Å². The van der Waals surface area contributed by atoms with Crippen molar-refractivity contribution in [1.82, 2.24) is 25.4 Å². The Kier molecular flexibility index (Phi) is 6.02. The summed E-state index contributed by atoms with van der Waals surface area (Å²) >= 11 is 0. The second-order valence-corrected chi connectivity index (χ2v) is 5.77. The molecule has 0 unspecified atom stereocenters. The van der Waals surface area contributed by atoms with Gasteiger partial charge < -0.3 is 10.6 Å². The van der Waals surface area contributed by atoms with Gasteiger partial charge in [-0.2, -0.15) is 5.10 Å². The van der Waals surface area contributed by atoms with Gasteiger partial charge in [0.05, 0.1) is 0 Å². The number of hydrogen-bond donors (Lipinski definition) is 2. The SMILES string of the molecule is CCNC(=NCc1ncnn1C)NC1CCC(CC)CC1. The molecule has 1 aliphatic carbocycles. The van der Waals surface area contributed by atoms with Gasteiger partial charge >= 0.3 is 0 Å². The molecule has 118 valence electrons. The Balaban J connectivity index is 1.88. The van der Waals surface area contributed by atoms with Crippen molar-refractivity contribution in [1.29, 1.82) is 0 Å². The van der Waals surface area contributed by atoms with Crippen LogP contribution in [0.2, 0.25) is 0 Å². The highest BCUT2D eigenvalue weighted by atomic mass is 15.3. The van der Waals surface area contributed by atoms with Crippen molar-refractivity contribution in [3.8, 4) is 0 Å². The van der Waals surface area contributed by atoms with E-state index in [-0.39, 0.29) is 0 Å². The van der Waals surface area contributed by atoms with E-state index in [1.165, 1.54) is 32.1 Å². The van der Waals surface area contributed by atoms with Crippen LogP contribution in [0.1, 0.15) is 51.8 Å². The molecule has 1 fully saturated rings. The fourth-order valence-corrected chi connectivity index (χ4v) is 2.84. The molecule has 0 radical (unpaired) electrons. The highest BCUT2D eigenvalue weighted by molar-refractivity contribution is 5.80. The summed E-state index contributed by atoms with van der Waals surface area (Å²) in [6.07, 6.45) is 8.03. The monoisotopic (exact) mass is 292 g/mol. The fraction of sp³-hybridized carbons (Fsp3) is 0.800. The van der Waals surface area contributed by atoms with Gasteiger partial charge in [0, 0.05) is 19.6 Å². The van der Waals surface area contributed by atoms with Crippen molar-refractivity contribution in [3.63, 3.8) is 0 Å². The van der Waals surface area contributed by atoms with E-state index in [4.69, 9.17) is 0 Å². The molecule has 2 N–H and O–H groups in total. The molecule has 1 heterocycles. The van der Waals surface area contributed by atoms with Gasteiger partial charge in [0.25, 0.3) is 0 Å². The number of rotatable bonds is 5. The zero-order valence-corrected chi connectivity index (χ0v) is 13.5. The molecule has 6 heteroatoms. The van der Waals surface area contributed by atoms with E-state index < -0.39 is 0 Å². The second-order valence-electron chi connectivity index (χ2n) is 5.77. The molecule has 0 aromatic carbocycles. The summed E-state index contributed by atoms with van der Waals surface area (Å²) in [5.41, 5.74) is 0. The van der Waals surface area contributed by atoms with Crippen molar-refractivity contribution < 1.29 is 0 Å². The Morgan fingerprint density at radius 1 is 1.33 bits per heavy atom. The van der Waals surface area contributed by atoms with Crippen molar-refractivity contribution in [2.24, 2.45) is 18.0 Å². The van der Waals surface area contributed by atoms with E-state index in [9.17, 15) is 0 Å². The molecule has 0 bridgehead atoms. The van der Waals surface area contributed by atoms with Crippen molar-refractivity contribution in [2.45, 2.75) is 58.5 Å². The summed E-state index contributed by atoms with van der Waals surface area (Å²) in [4.78, 5) is 8.83. The van der Waals surface area contributed by atoms with Crippen LogP contribution >= 0.6 is 0 Å². The molecule has 0 saturated heterocycles. The molecule has 0 aliphatic heterocycles. The molecule has 1 aromatic heterocycles. The molecule has 1 aromatic rings. The van der Waals surface area contributed by atoms with E-state index in [0.29, 0.717) is 12.6 Å². The van der Waals surface area contributed by atoms with Crippen molar-refractivity contribution in [2.75, 3.05) is 6.54 Å². The third kappa shape index (κ3) is 4.72. The number of aromatic nitrogens is 3. The lowest BCUT2D eigenvalue weighted by molar-refractivity contribution is 0.304. The van der Waals surface area contributed by atoms with Crippen molar-refractivity contribution >= 4 is 5.96 Å². The fourth-order valence-electron chi connectivity index (χ4n) is 2.84. The maximum atomic E-state index is 4.62. The topological polar surface area (TPSA) is 67.1 Å². The first-order valence-electron chi connectivity index (χ1n) is 8.10. The minimum Gasteiger partial charge on any atom is -0.357 e. The summed E-state index contributed by atoms with van der Waals surface area (Å²) < 4.78 is 1.76. The Morgan fingerprint density at radius 2 is 2.10 bits per heavy atom. The number of aliphatic imine (C=N–C) groups is 1. The van der Waals surface area contributed by atoms with E-state index in [2.05, 4.69) is 39.6 Å². The summed E-state index contributed by atoms with van der Waals surface area (Å²) in [6.45, 7) is 5.81. The van der Waals surface area contributed by atoms with Crippen LogP contribution in [0.3, 0.4) is 0 Å². The van der Waals surface area contributed by atoms with Gasteiger partial charge in [-0.3, -0.25) is 4.68 Å². The van der Waals surface area contributed by atoms with Gasteiger partial charge in [-0.05, 0) is 38.5 Å². The third-order valence-electron chi connectivity index (χ3n) is 4.29. The first-order valence-corrected chi connectivity index (χ1v) is 8.10. The quantitative estimate of drug-likeness (QED) is 0.642. The predicted octanol–water partition coefficient (Wildman–Crippen LogP) is 1.84. The molecule has 0 spiro atoms. The van der Waals surface area contributed by atoms with Gasteiger partial charge in [0.1, 0.15) is 18.7 Å². The molecular formula is C15H28N6. The Bertz CT molecular complexity index is 445. The van der Waals surface area contributed by atoms with Gasteiger partial charge in [0.2, 0.25) is 0 Å². The molecular weight excluding hydrogens is 264 g/mol. The van der Waals surface area contributed by atoms with Crippen LogP contribution in [-0.2, 0) is 13.6 Å². The largest absolute Gasteiger partial charge is 0.357 e. The highest BCUT2D eigenvalue weighted by Gasteiger charge is 2.20. The first-order chi connectivity index (χ1) is 10.2. The Hall–Kier alpha value is -1.59. The predicted molar refractivity (Wildman–Crippen MR) is 85.0 cm³/mol. The van der Waals surface area contributed by atoms with Gasteiger partial charge in [-0.25, -0.2) is 9.98 Å². The molecule has 1 aliphatic rings. The normalized spacial score (nSPS) is 23.1. The number of nitrogens with zero attached hydrogens (tertiary/aromatic N) is 4. The number of hydrogen-bond acceptors (Lipinski definition) is 3.